The van der Waals surface area contributed by atoms with Crippen LogP contribution >= 0.6 is 0 Å². The highest BCUT2D eigenvalue weighted by molar-refractivity contribution is 5.98. The molecule has 3 aromatic rings. The molecule has 2 heterocycles. The number of carbonyl (C=O) groups excluding carboxylic acids is 1. The maximum absolute atomic E-state index is 14.4. The molecule has 1 saturated carbocycles. The van der Waals surface area contributed by atoms with E-state index in [1.807, 2.05) is 29.2 Å². The van der Waals surface area contributed by atoms with Crippen LogP contribution in [0.4, 0.5) is 4.39 Å². The number of methoxy groups -OCH3 is 1. The van der Waals surface area contributed by atoms with Crippen LogP contribution in [-0.2, 0) is 11.2 Å². The molecule has 0 radical (unpaired) electrons. The summed E-state index contributed by atoms with van der Waals surface area (Å²) in [7, 11) is 1.74. The third-order valence-corrected chi connectivity index (χ3v) is 7.63. The van der Waals surface area contributed by atoms with Crippen LogP contribution in [0.15, 0.2) is 60.9 Å². The lowest BCUT2D eigenvalue weighted by molar-refractivity contribution is 0.0631. The predicted molar refractivity (Wildman–Crippen MR) is 138 cm³/mol. The number of ether oxygens (including phenoxy) is 1. The summed E-state index contributed by atoms with van der Waals surface area (Å²) in [5.74, 6) is -0.0763. The van der Waals surface area contributed by atoms with E-state index < -0.39 is 0 Å². The van der Waals surface area contributed by atoms with Gasteiger partial charge in [0.15, 0.2) is 5.69 Å². The van der Waals surface area contributed by atoms with E-state index in [0.717, 1.165) is 38.8 Å². The van der Waals surface area contributed by atoms with Crippen molar-refractivity contribution in [2.24, 2.45) is 5.92 Å². The van der Waals surface area contributed by atoms with Gasteiger partial charge in [0.2, 0.25) is 0 Å². The minimum absolute atomic E-state index is 0.0232. The van der Waals surface area contributed by atoms with Crippen LogP contribution in [0.25, 0.3) is 11.3 Å². The molecule has 36 heavy (non-hydrogen) atoms. The highest BCUT2D eigenvalue weighted by Crippen LogP contribution is 2.38. The molecule has 0 unspecified atom stereocenters. The van der Waals surface area contributed by atoms with Crippen molar-refractivity contribution in [1.82, 2.24) is 19.8 Å². The molecule has 1 N–H and O–H groups in total. The van der Waals surface area contributed by atoms with Crippen molar-refractivity contribution in [3.8, 4) is 11.3 Å². The highest BCUT2D eigenvalue weighted by atomic mass is 19.1. The zero-order valence-electron chi connectivity index (χ0n) is 20.9. The highest BCUT2D eigenvalue weighted by Gasteiger charge is 2.34. The number of nitrogens with one attached hydrogen (secondary N) is 1. The first kappa shape index (κ1) is 24.7. The Morgan fingerprint density at radius 1 is 1.14 bits per heavy atom. The number of nitrogens with zero attached hydrogens (tertiary/aromatic N) is 3. The van der Waals surface area contributed by atoms with E-state index in [2.05, 4.69) is 22.0 Å². The molecule has 2 aromatic carbocycles. The van der Waals surface area contributed by atoms with E-state index >= 15 is 0 Å². The largest absolute Gasteiger partial charge is 0.384 e. The van der Waals surface area contributed by atoms with Gasteiger partial charge in [-0.15, -0.1) is 0 Å². The summed E-state index contributed by atoms with van der Waals surface area (Å²) < 4.78 is 22.0. The van der Waals surface area contributed by atoms with Crippen LogP contribution in [0.2, 0.25) is 0 Å². The Hall–Kier alpha value is -3.03. The van der Waals surface area contributed by atoms with Gasteiger partial charge < -0.3 is 19.5 Å². The number of aromatic nitrogens is 2. The Morgan fingerprint density at radius 3 is 2.78 bits per heavy atom. The number of amides is 1. The molecule has 3 atom stereocenters. The fourth-order valence-electron chi connectivity index (χ4n) is 5.89. The Bertz CT molecular complexity index is 1160. The van der Waals surface area contributed by atoms with Gasteiger partial charge in [0.05, 0.1) is 18.6 Å². The van der Waals surface area contributed by atoms with E-state index in [1.54, 1.807) is 19.5 Å². The van der Waals surface area contributed by atoms with Gasteiger partial charge >= 0.3 is 0 Å². The number of rotatable bonds is 7. The SMILES string of the molecule is COC[C@@H]1CCCC[C@H]1n1cnc(C(=O)N2CCNC[C@H]2Cc2ccccc2)c1-c1cccc(F)c1. The standard InChI is InChI=1S/C29H35FN4O2/c1-36-19-23-10-5-6-13-26(23)34-20-32-27(28(34)22-11-7-12-24(30)17-22)29(35)33-15-14-31-18-25(33)16-21-8-3-2-4-9-21/h2-4,7-9,11-12,17,20,23,25-26,31H,5-6,10,13-16,18-19H2,1H3/t23-,25+,26+/m0/s1. The minimum Gasteiger partial charge on any atom is -0.384 e. The minimum atomic E-state index is -0.320. The number of imidazole rings is 1. The molecule has 190 valence electrons. The van der Waals surface area contributed by atoms with Crippen LogP contribution in [0.3, 0.4) is 0 Å². The number of benzene rings is 2. The molecule has 1 aliphatic heterocycles. The fourth-order valence-corrected chi connectivity index (χ4v) is 5.89. The van der Waals surface area contributed by atoms with Crippen LogP contribution in [0.5, 0.6) is 0 Å². The van der Waals surface area contributed by atoms with Gasteiger partial charge in [0.25, 0.3) is 5.91 Å². The first-order chi connectivity index (χ1) is 17.7. The van der Waals surface area contributed by atoms with Crippen LogP contribution < -0.4 is 5.32 Å². The van der Waals surface area contributed by atoms with Gasteiger partial charge in [-0.25, -0.2) is 9.37 Å². The van der Waals surface area contributed by atoms with Gasteiger partial charge in [0.1, 0.15) is 5.82 Å². The summed E-state index contributed by atoms with van der Waals surface area (Å²) in [5.41, 5.74) is 3.00. The van der Waals surface area contributed by atoms with E-state index in [4.69, 9.17) is 9.72 Å². The molecule has 2 aliphatic rings. The number of piperazine rings is 1. The molecule has 1 saturated heterocycles. The second kappa shape index (κ2) is 11.4. The molecular formula is C29H35FN4O2. The third kappa shape index (κ3) is 5.22. The van der Waals surface area contributed by atoms with Gasteiger partial charge in [-0.2, -0.15) is 0 Å². The maximum Gasteiger partial charge on any atom is 0.275 e. The van der Waals surface area contributed by atoms with Crippen molar-refractivity contribution in [2.45, 2.75) is 44.2 Å². The fraction of sp³-hybridized carbons (Fsp3) is 0.448. The van der Waals surface area contributed by atoms with Crippen molar-refractivity contribution < 1.29 is 13.9 Å². The summed E-state index contributed by atoms with van der Waals surface area (Å²) in [4.78, 5) is 20.7. The second-order valence-corrected chi connectivity index (χ2v) is 9.97. The average Bonchev–Trinajstić information content (AvgIpc) is 3.35. The van der Waals surface area contributed by atoms with E-state index in [1.165, 1.54) is 24.1 Å². The zero-order valence-corrected chi connectivity index (χ0v) is 20.9. The predicted octanol–water partition coefficient (Wildman–Crippen LogP) is 4.72. The molecule has 1 amide bonds. The van der Waals surface area contributed by atoms with Gasteiger partial charge in [-0.05, 0) is 37.0 Å². The Morgan fingerprint density at radius 2 is 1.97 bits per heavy atom. The van der Waals surface area contributed by atoms with Crippen molar-refractivity contribution in [3.63, 3.8) is 0 Å². The summed E-state index contributed by atoms with van der Waals surface area (Å²) in [5, 5.41) is 3.44. The topological polar surface area (TPSA) is 59.4 Å². The quantitative estimate of drug-likeness (QED) is 0.521. The zero-order chi connectivity index (χ0) is 24.9. The summed E-state index contributed by atoms with van der Waals surface area (Å²) in [6, 6.07) is 17.0. The Kier molecular flexibility index (Phi) is 7.78. The number of halogens is 1. The summed E-state index contributed by atoms with van der Waals surface area (Å²) >= 11 is 0. The second-order valence-electron chi connectivity index (χ2n) is 9.97. The van der Waals surface area contributed by atoms with Gasteiger partial charge in [0, 0.05) is 50.3 Å². The van der Waals surface area contributed by atoms with Crippen LogP contribution in [0, 0.1) is 11.7 Å². The normalized spacial score (nSPS) is 22.5. The van der Waals surface area contributed by atoms with Crippen LogP contribution in [-0.4, -0.2) is 59.8 Å². The lowest BCUT2D eigenvalue weighted by Gasteiger charge is -2.36. The third-order valence-electron chi connectivity index (χ3n) is 7.63. The first-order valence-electron chi connectivity index (χ1n) is 13.0. The smallest absolute Gasteiger partial charge is 0.275 e. The molecule has 5 rings (SSSR count). The molecular weight excluding hydrogens is 455 g/mol. The number of carbonyl (C=O) groups is 1. The molecule has 1 aromatic heterocycles. The molecule has 0 spiro atoms. The summed E-state index contributed by atoms with van der Waals surface area (Å²) in [6.07, 6.45) is 6.91. The van der Waals surface area contributed by atoms with E-state index in [9.17, 15) is 9.18 Å². The van der Waals surface area contributed by atoms with Gasteiger partial charge in [-0.3, -0.25) is 4.79 Å². The number of hydrogen-bond acceptors (Lipinski definition) is 4. The average molecular weight is 491 g/mol. The first-order valence-corrected chi connectivity index (χ1v) is 13.0. The molecule has 0 bridgehead atoms. The summed E-state index contributed by atoms with van der Waals surface area (Å²) in [6.45, 7) is 2.74. The molecule has 7 heteroatoms. The monoisotopic (exact) mass is 490 g/mol. The maximum atomic E-state index is 14.4. The van der Waals surface area contributed by atoms with E-state index in [0.29, 0.717) is 36.0 Å². The molecule has 1 aliphatic carbocycles. The van der Waals surface area contributed by atoms with E-state index in [-0.39, 0.29) is 23.8 Å². The Labute approximate surface area is 212 Å². The van der Waals surface area contributed by atoms with Crippen molar-refractivity contribution in [2.75, 3.05) is 33.4 Å². The lowest BCUT2D eigenvalue weighted by Crippen LogP contribution is -2.54. The van der Waals surface area contributed by atoms with Crippen molar-refractivity contribution in [3.05, 3.63) is 78.0 Å². The van der Waals surface area contributed by atoms with Gasteiger partial charge in [-0.1, -0.05) is 55.3 Å². The lowest BCUT2D eigenvalue weighted by atomic mass is 9.84. The Balaban J connectivity index is 1.52. The molecule has 6 nitrogen and oxygen atoms in total. The van der Waals surface area contributed by atoms with Crippen LogP contribution in [0.1, 0.15) is 47.8 Å². The van der Waals surface area contributed by atoms with Crippen molar-refractivity contribution in [1.29, 1.82) is 0 Å². The number of hydrogen-bond donors (Lipinski definition) is 1. The molecule has 2 fully saturated rings. The van der Waals surface area contributed by atoms with Crippen molar-refractivity contribution >= 4 is 5.91 Å².